The molecule has 0 amide bonds. The van der Waals surface area contributed by atoms with Crippen LogP contribution in [0.3, 0.4) is 0 Å². The maximum Gasteiger partial charge on any atom is 0.432 e. The molecular formula is C13H18F3NO5. The molecule has 0 rings (SSSR count). The van der Waals surface area contributed by atoms with E-state index in [-0.39, 0.29) is 19.8 Å². The van der Waals surface area contributed by atoms with Gasteiger partial charge in [0.15, 0.2) is 5.78 Å². The Labute approximate surface area is 125 Å². The molecule has 0 spiro atoms. The van der Waals surface area contributed by atoms with Crippen molar-refractivity contribution in [3.8, 4) is 0 Å². The monoisotopic (exact) mass is 325 g/mol. The Hall–Kier alpha value is -1.74. The number of carbonyl (C=O) groups is 2. The van der Waals surface area contributed by atoms with E-state index in [2.05, 4.69) is 4.74 Å². The molecule has 6 nitrogen and oxygen atoms in total. The molecule has 0 aliphatic rings. The standard InChI is InChI=1S/C13H18F3NO5/c1-3-22-12(19)9(4-5-11(17)13(14,15)16)10(18)8-21-7-6-20-2/h4-5,9,17H,3,6-8H2,1-2H3/b5-4+,17-11?. The van der Waals surface area contributed by atoms with Crippen LogP contribution in [-0.4, -0.2) is 57.2 Å². The van der Waals surface area contributed by atoms with Crippen molar-refractivity contribution in [3.05, 3.63) is 12.2 Å². The summed E-state index contributed by atoms with van der Waals surface area (Å²) >= 11 is 0. The van der Waals surface area contributed by atoms with E-state index in [0.717, 1.165) is 0 Å². The molecule has 1 unspecified atom stereocenters. The number of carbonyl (C=O) groups excluding carboxylic acids is 2. The summed E-state index contributed by atoms with van der Waals surface area (Å²) in [6, 6.07) is 0. The predicted octanol–water partition coefficient (Wildman–Crippen LogP) is 1.54. The number of allylic oxidation sites excluding steroid dienone is 1. The van der Waals surface area contributed by atoms with Gasteiger partial charge in [0.1, 0.15) is 18.2 Å². The summed E-state index contributed by atoms with van der Waals surface area (Å²) in [5, 5.41) is 6.79. The van der Waals surface area contributed by atoms with Crippen molar-refractivity contribution >= 4 is 17.5 Å². The number of rotatable bonds is 10. The van der Waals surface area contributed by atoms with E-state index in [1.165, 1.54) is 14.0 Å². The largest absolute Gasteiger partial charge is 0.465 e. The van der Waals surface area contributed by atoms with Gasteiger partial charge in [0.25, 0.3) is 0 Å². The summed E-state index contributed by atoms with van der Waals surface area (Å²) in [4.78, 5) is 23.4. The molecule has 1 N–H and O–H groups in total. The molecule has 0 aromatic heterocycles. The van der Waals surface area contributed by atoms with E-state index in [0.29, 0.717) is 12.2 Å². The van der Waals surface area contributed by atoms with Crippen molar-refractivity contribution in [2.24, 2.45) is 5.92 Å². The molecule has 0 heterocycles. The lowest BCUT2D eigenvalue weighted by Crippen LogP contribution is -2.29. The highest BCUT2D eigenvalue weighted by atomic mass is 19.4. The first kappa shape index (κ1) is 20.3. The Bertz CT molecular complexity index is 420. The van der Waals surface area contributed by atoms with Crippen LogP contribution in [0.2, 0.25) is 0 Å². The first-order chi connectivity index (χ1) is 10.2. The van der Waals surface area contributed by atoms with E-state index >= 15 is 0 Å². The molecule has 22 heavy (non-hydrogen) atoms. The van der Waals surface area contributed by atoms with E-state index in [4.69, 9.17) is 14.9 Å². The Balaban J connectivity index is 4.83. The highest BCUT2D eigenvalue weighted by Crippen LogP contribution is 2.17. The number of hydrogen-bond donors (Lipinski definition) is 1. The number of esters is 1. The number of nitrogens with one attached hydrogen (secondary N) is 1. The van der Waals surface area contributed by atoms with Crippen molar-refractivity contribution in [1.82, 2.24) is 0 Å². The van der Waals surface area contributed by atoms with Crippen molar-refractivity contribution in [3.63, 3.8) is 0 Å². The third-order valence-electron chi connectivity index (χ3n) is 2.32. The SMILES string of the molecule is CCOC(=O)C(/C=C/C(=N)C(F)(F)F)C(=O)COCCOC. The number of ether oxygens (including phenoxy) is 3. The summed E-state index contributed by atoms with van der Waals surface area (Å²) in [7, 11) is 1.43. The lowest BCUT2D eigenvalue weighted by atomic mass is 10.0. The van der Waals surface area contributed by atoms with Gasteiger partial charge in [0.2, 0.25) is 0 Å². The third-order valence-corrected chi connectivity index (χ3v) is 2.32. The molecule has 0 aromatic carbocycles. The van der Waals surface area contributed by atoms with Gasteiger partial charge in [-0.05, 0) is 13.0 Å². The molecule has 0 bridgehead atoms. The van der Waals surface area contributed by atoms with Gasteiger partial charge in [-0.15, -0.1) is 0 Å². The van der Waals surface area contributed by atoms with Crippen molar-refractivity contribution in [2.75, 3.05) is 33.5 Å². The van der Waals surface area contributed by atoms with E-state index in [9.17, 15) is 22.8 Å². The zero-order valence-corrected chi connectivity index (χ0v) is 12.2. The Morgan fingerprint density at radius 3 is 2.41 bits per heavy atom. The van der Waals surface area contributed by atoms with E-state index in [1.54, 1.807) is 0 Å². The molecule has 0 radical (unpaired) electrons. The van der Waals surface area contributed by atoms with Crippen LogP contribution in [0, 0.1) is 11.3 Å². The van der Waals surface area contributed by atoms with Crippen LogP contribution in [0.4, 0.5) is 13.2 Å². The van der Waals surface area contributed by atoms with Crippen LogP contribution < -0.4 is 0 Å². The Morgan fingerprint density at radius 1 is 1.27 bits per heavy atom. The first-order valence-corrected chi connectivity index (χ1v) is 6.34. The summed E-state index contributed by atoms with van der Waals surface area (Å²) in [5.74, 6) is -3.31. The second kappa shape index (κ2) is 10.1. The van der Waals surface area contributed by atoms with Crippen molar-refractivity contribution in [1.29, 1.82) is 5.41 Å². The Kier molecular flexibility index (Phi) is 9.27. The smallest absolute Gasteiger partial charge is 0.432 e. The number of alkyl halides is 3. The average Bonchev–Trinajstić information content (AvgIpc) is 2.42. The highest BCUT2D eigenvalue weighted by Gasteiger charge is 2.33. The summed E-state index contributed by atoms with van der Waals surface area (Å²) in [6.07, 6.45) is -3.81. The first-order valence-electron chi connectivity index (χ1n) is 6.34. The molecule has 0 aliphatic heterocycles. The predicted molar refractivity (Wildman–Crippen MR) is 70.7 cm³/mol. The summed E-state index contributed by atoms with van der Waals surface area (Å²) in [6.45, 7) is 1.32. The van der Waals surface area contributed by atoms with Crippen LogP contribution in [0.1, 0.15) is 6.92 Å². The van der Waals surface area contributed by atoms with Crippen molar-refractivity contribution in [2.45, 2.75) is 13.1 Å². The molecule has 1 atom stereocenters. The minimum atomic E-state index is -4.85. The number of Topliss-reactive ketones (excluding diaryl/α,β-unsaturated/α-hetero) is 1. The second-order valence-corrected chi connectivity index (χ2v) is 4.01. The van der Waals surface area contributed by atoms with Gasteiger partial charge in [0.05, 0.1) is 19.8 Å². The molecule has 0 saturated carbocycles. The van der Waals surface area contributed by atoms with Crippen LogP contribution >= 0.6 is 0 Å². The van der Waals surface area contributed by atoms with Gasteiger partial charge in [-0.2, -0.15) is 13.2 Å². The van der Waals surface area contributed by atoms with E-state index < -0.39 is 36.2 Å². The summed E-state index contributed by atoms with van der Waals surface area (Å²) in [5.41, 5.74) is -1.67. The Morgan fingerprint density at radius 2 is 1.91 bits per heavy atom. The molecule has 9 heteroatoms. The van der Waals surface area contributed by atoms with Gasteiger partial charge in [-0.3, -0.25) is 15.0 Å². The molecule has 0 fully saturated rings. The lowest BCUT2D eigenvalue weighted by molar-refractivity contribution is -0.150. The maximum atomic E-state index is 12.2. The van der Waals surface area contributed by atoms with Gasteiger partial charge < -0.3 is 14.2 Å². The highest BCUT2D eigenvalue weighted by molar-refractivity contribution is 6.04. The fourth-order valence-corrected chi connectivity index (χ4v) is 1.24. The molecule has 0 aliphatic carbocycles. The van der Waals surface area contributed by atoms with Gasteiger partial charge in [-0.25, -0.2) is 0 Å². The van der Waals surface area contributed by atoms with Gasteiger partial charge in [0, 0.05) is 7.11 Å². The molecule has 0 saturated heterocycles. The zero-order valence-electron chi connectivity index (χ0n) is 12.2. The number of halogens is 3. The van der Waals surface area contributed by atoms with Crippen LogP contribution in [-0.2, 0) is 23.8 Å². The van der Waals surface area contributed by atoms with Crippen LogP contribution in [0.15, 0.2) is 12.2 Å². The van der Waals surface area contributed by atoms with Crippen molar-refractivity contribution < 1.29 is 37.0 Å². The molecule has 0 aromatic rings. The summed E-state index contributed by atoms with van der Waals surface area (Å²) < 4.78 is 50.9. The molecular weight excluding hydrogens is 307 g/mol. The number of ketones is 1. The molecule has 126 valence electrons. The average molecular weight is 325 g/mol. The van der Waals surface area contributed by atoms with Crippen LogP contribution in [0.5, 0.6) is 0 Å². The van der Waals surface area contributed by atoms with E-state index in [1.807, 2.05) is 0 Å². The lowest BCUT2D eigenvalue weighted by Gasteiger charge is -2.11. The fourth-order valence-electron chi connectivity index (χ4n) is 1.24. The maximum absolute atomic E-state index is 12.2. The third kappa shape index (κ3) is 7.89. The van der Waals surface area contributed by atoms with Gasteiger partial charge in [-0.1, -0.05) is 6.08 Å². The fraction of sp³-hybridized carbons (Fsp3) is 0.615. The van der Waals surface area contributed by atoms with Gasteiger partial charge >= 0.3 is 12.1 Å². The number of methoxy groups -OCH3 is 1. The minimum absolute atomic E-state index is 0.0301. The topological polar surface area (TPSA) is 85.7 Å². The zero-order chi connectivity index (χ0) is 17.2. The quantitative estimate of drug-likeness (QED) is 0.285. The normalized spacial score (nSPS) is 13.1. The van der Waals surface area contributed by atoms with Crippen LogP contribution in [0.25, 0.3) is 0 Å². The minimum Gasteiger partial charge on any atom is -0.465 e. The second-order valence-electron chi connectivity index (χ2n) is 4.01. The number of hydrogen-bond acceptors (Lipinski definition) is 6.